The highest BCUT2D eigenvalue weighted by Crippen LogP contribution is 2.26. The lowest BCUT2D eigenvalue weighted by molar-refractivity contribution is -0.152. The molecule has 1 heterocycles. The molecule has 2 aromatic rings. The lowest BCUT2D eigenvalue weighted by Crippen LogP contribution is -2.33. The van der Waals surface area contributed by atoms with Gasteiger partial charge in [-0.3, -0.25) is 14.4 Å². The number of ether oxygens (including phenoxy) is 3. The fourth-order valence-corrected chi connectivity index (χ4v) is 3.30. The van der Waals surface area contributed by atoms with Crippen LogP contribution >= 0.6 is 0 Å². The van der Waals surface area contributed by atoms with Crippen molar-refractivity contribution in [3.05, 3.63) is 54.1 Å². The molecule has 8 nitrogen and oxygen atoms in total. The highest BCUT2D eigenvalue weighted by Gasteiger charge is 2.36. The Morgan fingerprint density at radius 3 is 2.34 bits per heavy atom. The third kappa shape index (κ3) is 6.47. The van der Waals surface area contributed by atoms with Crippen LogP contribution < -0.4 is 19.7 Å². The standard InChI is InChI=1S/C24H28N2O6/c1-3-30-20-8-10-21(11-9-20)31-13-12-25-22(27)16-32-24(29)18-14-23(28)26(15-18)19-6-4-17(2)5-7-19/h4-11,18H,3,12-16H2,1-2H3,(H,25,27). The molecule has 1 saturated heterocycles. The molecule has 32 heavy (non-hydrogen) atoms. The maximum absolute atomic E-state index is 12.3. The number of esters is 1. The molecule has 2 aromatic carbocycles. The maximum Gasteiger partial charge on any atom is 0.311 e. The van der Waals surface area contributed by atoms with Gasteiger partial charge in [0.2, 0.25) is 5.91 Å². The van der Waals surface area contributed by atoms with E-state index in [2.05, 4.69) is 5.32 Å². The zero-order chi connectivity index (χ0) is 22.9. The molecule has 0 saturated carbocycles. The lowest BCUT2D eigenvalue weighted by atomic mass is 10.1. The van der Waals surface area contributed by atoms with Crippen LogP contribution in [0.2, 0.25) is 0 Å². The molecule has 0 aromatic heterocycles. The van der Waals surface area contributed by atoms with E-state index in [1.807, 2.05) is 50.2 Å². The predicted octanol–water partition coefficient (Wildman–Crippen LogP) is 2.49. The van der Waals surface area contributed by atoms with E-state index in [4.69, 9.17) is 14.2 Å². The highest BCUT2D eigenvalue weighted by molar-refractivity contribution is 5.99. The summed E-state index contributed by atoms with van der Waals surface area (Å²) in [5, 5.41) is 2.64. The van der Waals surface area contributed by atoms with Crippen molar-refractivity contribution in [2.45, 2.75) is 20.3 Å². The Balaban J connectivity index is 1.34. The minimum Gasteiger partial charge on any atom is -0.494 e. The van der Waals surface area contributed by atoms with Crippen molar-refractivity contribution in [3.63, 3.8) is 0 Å². The van der Waals surface area contributed by atoms with Crippen LogP contribution in [0.4, 0.5) is 5.69 Å². The van der Waals surface area contributed by atoms with Gasteiger partial charge >= 0.3 is 5.97 Å². The molecule has 1 fully saturated rings. The normalized spacial score (nSPS) is 15.4. The summed E-state index contributed by atoms with van der Waals surface area (Å²) in [5.74, 6) is -0.257. The molecule has 1 aliphatic rings. The number of benzene rings is 2. The molecule has 0 aliphatic carbocycles. The number of carbonyl (C=O) groups is 3. The number of hydrogen-bond acceptors (Lipinski definition) is 6. The first-order valence-corrected chi connectivity index (χ1v) is 10.6. The fraction of sp³-hybridized carbons (Fsp3) is 0.375. The summed E-state index contributed by atoms with van der Waals surface area (Å²) in [4.78, 5) is 38.1. The molecule has 170 valence electrons. The number of aryl methyl sites for hydroxylation is 1. The van der Waals surface area contributed by atoms with Gasteiger partial charge in [-0.1, -0.05) is 17.7 Å². The molecular weight excluding hydrogens is 412 g/mol. The van der Waals surface area contributed by atoms with Gasteiger partial charge in [0.1, 0.15) is 18.1 Å². The summed E-state index contributed by atoms with van der Waals surface area (Å²) in [7, 11) is 0. The van der Waals surface area contributed by atoms with Gasteiger partial charge in [-0.05, 0) is 50.2 Å². The third-order valence-corrected chi connectivity index (χ3v) is 4.98. The van der Waals surface area contributed by atoms with Gasteiger partial charge < -0.3 is 24.4 Å². The number of nitrogens with zero attached hydrogens (tertiary/aromatic N) is 1. The van der Waals surface area contributed by atoms with Gasteiger partial charge in [-0.2, -0.15) is 0 Å². The first-order chi connectivity index (χ1) is 15.5. The Hall–Kier alpha value is -3.55. The van der Waals surface area contributed by atoms with Crippen LogP contribution in [0.1, 0.15) is 18.9 Å². The third-order valence-electron chi connectivity index (χ3n) is 4.98. The van der Waals surface area contributed by atoms with Crippen molar-refractivity contribution < 1.29 is 28.6 Å². The number of carbonyl (C=O) groups excluding carboxylic acids is 3. The van der Waals surface area contributed by atoms with Crippen LogP contribution in [0.25, 0.3) is 0 Å². The van der Waals surface area contributed by atoms with Gasteiger partial charge in [-0.25, -0.2) is 0 Å². The fourth-order valence-electron chi connectivity index (χ4n) is 3.30. The Morgan fingerprint density at radius 2 is 1.69 bits per heavy atom. The second kappa shape index (κ2) is 11.2. The van der Waals surface area contributed by atoms with Crippen molar-refractivity contribution in [1.82, 2.24) is 5.32 Å². The summed E-state index contributed by atoms with van der Waals surface area (Å²) in [6.45, 7) is 4.88. The van der Waals surface area contributed by atoms with Gasteiger partial charge in [0.05, 0.1) is 19.1 Å². The van der Waals surface area contributed by atoms with E-state index in [1.54, 1.807) is 17.0 Å². The topological polar surface area (TPSA) is 94.2 Å². The molecule has 0 bridgehead atoms. The first kappa shape index (κ1) is 23.1. The largest absolute Gasteiger partial charge is 0.494 e. The van der Waals surface area contributed by atoms with E-state index in [9.17, 15) is 14.4 Å². The summed E-state index contributed by atoms with van der Waals surface area (Å²) in [6, 6.07) is 14.7. The smallest absolute Gasteiger partial charge is 0.311 e. The monoisotopic (exact) mass is 440 g/mol. The molecule has 1 atom stereocenters. The van der Waals surface area contributed by atoms with E-state index >= 15 is 0 Å². The van der Waals surface area contributed by atoms with Crippen LogP contribution in [0, 0.1) is 12.8 Å². The van der Waals surface area contributed by atoms with Crippen molar-refractivity contribution in [2.75, 3.05) is 37.8 Å². The molecule has 1 unspecified atom stereocenters. The number of nitrogens with one attached hydrogen (secondary N) is 1. The Bertz CT molecular complexity index is 927. The van der Waals surface area contributed by atoms with Crippen LogP contribution in [-0.2, 0) is 19.1 Å². The van der Waals surface area contributed by atoms with Crippen LogP contribution in [0.15, 0.2) is 48.5 Å². The Kier molecular flexibility index (Phi) is 8.08. The van der Waals surface area contributed by atoms with Crippen molar-refractivity contribution in [1.29, 1.82) is 0 Å². The number of rotatable bonds is 10. The SMILES string of the molecule is CCOc1ccc(OCCNC(=O)COC(=O)C2CC(=O)N(c3ccc(C)cc3)C2)cc1. The van der Waals surface area contributed by atoms with E-state index in [-0.39, 0.29) is 32.0 Å². The molecule has 3 rings (SSSR count). The second-order valence-electron chi connectivity index (χ2n) is 7.45. The quantitative estimate of drug-likeness (QED) is 0.451. The molecule has 1 aliphatic heterocycles. The van der Waals surface area contributed by atoms with E-state index < -0.39 is 24.4 Å². The lowest BCUT2D eigenvalue weighted by Gasteiger charge is -2.16. The van der Waals surface area contributed by atoms with Crippen molar-refractivity contribution in [2.24, 2.45) is 5.92 Å². The van der Waals surface area contributed by atoms with E-state index in [1.165, 1.54) is 0 Å². The number of hydrogen-bond donors (Lipinski definition) is 1. The second-order valence-corrected chi connectivity index (χ2v) is 7.45. The highest BCUT2D eigenvalue weighted by atomic mass is 16.5. The van der Waals surface area contributed by atoms with E-state index in [0.29, 0.717) is 12.4 Å². The van der Waals surface area contributed by atoms with E-state index in [0.717, 1.165) is 17.0 Å². The van der Waals surface area contributed by atoms with Crippen LogP contribution in [-0.4, -0.2) is 50.7 Å². The zero-order valence-electron chi connectivity index (χ0n) is 18.3. The molecule has 8 heteroatoms. The number of anilines is 1. The van der Waals surface area contributed by atoms with Gasteiger partial charge in [-0.15, -0.1) is 0 Å². The van der Waals surface area contributed by atoms with Gasteiger partial charge in [0.15, 0.2) is 6.61 Å². The minimum absolute atomic E-state index is 0.0737. The molecule has 2 amide bonds. The maximum atomic E-state index is 12.3. The summed E-state index contributed by atoms with van der Waals surface area (Å²) in [6.07, 6.45) is 0.0737. The zero-order valence-corrected chi connectivity index (χ0v) is 18.3. The summed E-state index contributed by atoms with van der Waals surface area (Å²) in [5.41, 5.74) is 1.84. The molecule has 1 N–H and O–H groups in total. The predicted molar refractivity (Wildman–Crippen MR) is 119 cm³/mol. The Labute approximate surface area is 187 Å². The average molecular weight is 440 g/mol. The molecule has 0 radical (unpaired) electrons. The Morgan fingerprint density at radius 1 is 1.03 bits per heavy atom. The summed E-state index contributed by atoms with van der Waals surface area (Å²) < 4.78 is 16.0. The van der Waals surface area contributed by atoms with Crippen LogP contribution in [0.3, 0.4) is 0 Å². The number of amides is 2. The van der Waals surface area contributed by atoms with Crippen molar-refractivity contribution in [3.8, 4) is 11.5 Å². The first-order valence-electron chi connectivity index (χ1n) is 10.6. The summed E-state index contributed by atoms with van der Waals surface area (Å²) >= 11 is 0. The average Bonchev–Trinajstić information content (AvgIpc) is 3.18. The molecular formula is C24H28N2O6. The van der Waals surface area contributed by atoms with Crippen LogP contribution in [0.5, 0.6) is 11.5 Å². The van der Waals surface area contributed by atoms with Crippen molar-refractivity contribution >= 4 is 23.5 Å². The van der Waals surface area contributed by atoms with Gasteiger partial charge in [0.25, 0.3) is 5.91 Å². The van der Waals surface area contributed by atoms with Gasteiger partial charge in [0, 0.05) is 18.7 Å². The minimum atomic E-state index is -0.584. The molecule has 0 spiro atoms.